The summed E-state index contributed by atoms with van der Waals surface area (Å²) in [7, 11) is 0. The Balaban J connectivity index is 1.61. The third-order valence-corrected chi connectivity index (χ3v) is 6.12. The number of carbonyl (C=O) groups excluding carboxylic acids is 1. The minimum atomic E-state index is -0.489. The van der Waals surface area contributed by atoms with Gasteiger partial charge >= 0.3 is 5.63 Å². The van der Waals surface area contributed by atoms with E-state index in [0.29, 0.717) is 34.7 Å². The molecule has 4 aromatic rings. The van der Waals surface area contributed by atoms with Crippen LogP contribution in [0.4, 0.5) is 0 Å². The van der Waals surface area contributed by atoms with Crippen molar-refractivity contribution < 1.29 is 13.6 Å². The van der Waals surface area contributed by atoms with Crippen molar-refractivity contribution in [2.45, 2.75) is 40.5 Å². The van der Waals surface area contributed by atoms with Crippen LogP contribution < -0.4 is 10.9 Å². The smallest absolute Gasteiger partial charge is 0.340 e. The van der Waals surface area contributed by atoms with E-state index in [1.807, 2.05) is 58.0 Å². The maximum Gasteiger partial charge on any atom is 0.340 e. The fourth-order valence-corrected chi connectivity index (χ4v) is 4.18. The second-order valence-corrected chi connectivity index (χ2v) is 8.39. The van der Waals surface area contributed by atoms with E-state index < -0.39 is 5.63 Å². The lowest BCUT2D eigenvalue weighted by atomic mass is 9.98. The summed E-state index contributed by atoms with van der Waals surface area (Å²) in [6.45, 7) is 8.23. The van der Waals surface area contributed by atoms with E-state index in [1.54, 1.807) is 0 Å². The molecule has 0 saturated heterocycles. The molecular formula is C25H24ClNO4. The fraction of sp³-hybridized carbons (Fsp3) is 0.280. The molecule has 1 amide bonds. The summed E-state index contributed by atoms with van der Waals surface area (Å²) in [4.78, 5) is 25.2. The maximum atomic E-state index is 12.6. The normalized spacial score (nSPS) is 11.4. The van der Waals surface area contributed by atoms with Crippen LogP contribution in [0.5, 0.6) is 0 Å². The van der Waals surface area contributed by atoms with Crippen molar-refractivity contribution in [3.8, 4) is 0 Å². The van der Waals surface area contributed by atoms with Crippen LogP contribution >= 0.6 is 11.6 Å². The van der Waals surface area contributed by atoms with Gasteiger partial charge in [-0.2, -0.15) is 0 Å². The zero-order chi connectivity index (χ0) is 22.3. The molecule has 0 unspecified atom stereocenters. The number of rotatable bonds is 5. The average molecular weight is 438 g/mol. The highest BCUT2D eigenvalue weighted by Gasteiger charge is 2.21. The monoisotopic (exact) mass is 437 g/mol. The Morgan fingerprint density at radius 1 is 1.00 bits per heavy atom. The number of benzene rings is 2. The van der Waals surface area contributed by atoms with Crippen LogP contribution in [0.3, 0.4) is 0 Å². The Hall–Kier alpha value is -3.05. The molecule has 2 aromatic carbocycles. The van der Waals surface area contributed by atoms with Crippen LogP contribution in [0.25, 0.3) is 21.9 Å². The zero-order valence-electron chi connectivity index (χ0n) is 18.0. The summed E-state index contributed by atoms with van der Waals surface area (Å²) < 4.78 is 11.6. The van der Waals surface area contributed by atoms with Gasteiger partial charge in [-0.15, -0.1) is 0 Å². The average Bonchev–Trinajstić information content (AvgIpc) is 3.01. The molecule has 0 atom stereocenters. The molecule has 0 fully saturated rings. The lowest BCUT2D eigenvalue weighted by molar-refractivity contribution is -0.120. The number of halogens is 1. The molecule has 1 N–H and O–H groups in total. The molecule has 4 rings (SSSR count). The highest BCUT2D eigenvalue weighted by atomic mass is 35.5. The number of hydrogen-bond donors (Lipinski definition) is 1. The molecule has 0 aliphatic rings. The molecule has 0 radical (unpaired) electrons. The van der Waals surface area contributed by atoms with Crippen molar-refractivity contribution in [3.05, 3.63) is 79.4 Å². The Bertz CT molecular complexity index is 1360. The van der Waals surface area contributed by atoms with Crippen LogP contribution in [-0.2, 0) is 17.6 Å². The number of carbonyl (C=O) groups is 1. The molecule has 6 heteroatoms. The summed E-state index contributed by atoms with van der Waals surface area (Å²) in [6, 6.07) is 9.37. The minimum absolute atomic E-state index is 0.0429. The van der Waals surface area contributed by atoms with E-state index in [0.717, 1.165) is 38.8 Å². The zero-order valence-corrected chi connectivity index (χ0v) is 18.8. The van der Waals surface area contributed by atoms with Crippen LogP contribution in [-0.4, -0.2) is 12.5 Å². The molecule has 0 aliphatic heterocycles. The molecule has 0 spiro atoms. The van der Waals surface area contributed by atoms with Gasteiger partial charge in [0.2, 0.25) is 5.91 Å². The van der Waals surface area contributed by atoms with Gasteiger partial charge in [-0.3, -0.25) is 4.79 Å². The number of hydrogen-bond acceptors (Lipinski definition) is 4. The molecule has 2 aromatic heterocycles. The second kappa shape index (κ2) is 8.23. The number of fused-ring (bicyclic) bond motifs is 3. The Morgan fingerprint density at radius 3 is 2.42 bits per heavy atom. The van der Waals surface area contributed by atoms with Gasteiger partial charge in [0.15, 0.2) is 0 Å². The van der Waals surface area contributed by atoms with Gasteiger partial charge in [-0.05, 0) is 74.6 Å². The van der Waals surface area contributed by atoms with E-state index in [4.69, 9.17) is 20.4 Å². The Labute approximate surface area is 185 Å². The molecule has 0 bridgehead atoms. The van der Waals surface area contributed by atoms with Crippen molar-refractivity contribution in [2.24, 2.45) is 0 Å². The molecule has 0 saturated carbocycles. The maximum absolute atomic E-state index is 12.6. The van der Waals surface area contributed by atoms with Gasteiger partial charge < -0.3 is 14.2 Å². The van der Waals surface area contributed by atoms with E-state index in [1.165, 1.54) is 0 Å². The van der Waals surface area contributed by atoms with E-state index in [9.17, 15) is 9.59 Å². The van der Waals surface area contributed by atoms with Crippen molar-refractivity contribution >= 4 is 39.4 Å². The van der Waals surface area contributed by atoms with Gasteiger partial charge in [0.25, 0.3) is 0 Å². The minimum Gasteiger partial charge on any atom is -0.460 e. The number of aryl methyl sites for hydroxylation is 4. The fourth-order valence-electron chi connectivity index (χ4n) is 4.06. The first kappa shape index (κ1) is 21.2. The molecule has 31 heavy (non-hydrogen) atoms. The largest absolute Gasteiger partial charge is 0.460 e. The van der Waals surface area contributed by atoms with Crippen LogP contribution in [0, 0.1) is 27.7 Å². The predicted molar refractivity (Wildman–Crippen MR) is 123 cm³/mol. The summed E-state index contributed by atoms with van der Waals surface area (Å²) in [5, 5.41) is 5.34. The lowest BCUT2D eigenvalue weighted by Gasteiger charge is -2.10. The molecule has 2 heterocycles. The van der Waals surface area contributed by atoms with Gasteiger partial charge in [-0.1, -0.05) is 23.7 Å². The van der Waals surface area contributed by atoms with E-state index >= 15 is 0 Å². The van der Waals surface area contributed by atoms with Crippen molar-refractivity contribution in [3.63, 3.8) is 0 Å². The summed E-state index contributed by atoms with van der Waals surface area (Å²) in [6.07, 6.45) is 0.637. The second-order valence-electron chi connectivity index (χ2n) is 7.95. The first-order valence-corrected chi connectivity index (χ1v) is 10.6. The lowest BCUT2D eigenvalue weighted by Crippen LogP contribution is -2.29. The first-order valence-electron chi connectivity index (χ1n) is 10.2. The molecular weight excluding hydrogens is 414 g/mol. The topological polar surface area (TPSA) is 72.5 Å². The van der Waals surface area contributed by atoms with Crippen LogP contribution in [0.1, 0.15) is 33.6 Å². The van der Waals surface area contributed by atoms with Gasteiger partial charge in [0, 0.05) is 17.0 Å². The third kappa shape index (κ3) is 3.98. The van der Waals surface area contributed by atoms with Crippen LogP contribution in [0.15, 0.2) is 44.0 Å². The summed E-state index contributed by atoms with van der Waals surface area (Å²) in [5.41, 5.74) is 4.91. The highest BCUT2D eigenvalue weighted by molar-refractivity contribution is 6.30. The van der Waals surface area contributed by atoms with Crippen molar-refractivity contribution in [2.75, 3.05) is 6.54 Å². The number of amides is 1. The predicted octanol–water partition coefficient (Wildman–Crippen LogP) is 5.33. The Kier molecular flexibility index (Phi) is 5.63. The number of nitrogens with one attached hydrogen (secondary N) is 1. The summed E-state index contributed by atoms with van der Waals surface area (Å²) >= 11 is 5.90. The van der Waals surface area contributed by atoms with Gasteiger partial charge in [0.05, 0.1) is 17.4 Å². The van der Waals surface area contributed by atoms with Gasteiger partial charge in [0.1, 0.15) is 16.9 Å². The van der Waals surface area contributed by atoms with Gasteiger partial charge in [-0.25, -0.2) is 4.79 Å². The molecule has 5 nitrogen and oxygen atoms in total. The van der Waals surface area contributed by atoms with Crippen molar-refractivity contribution in [1.29, 1.82) is 0 Å². The van der Waals surface area contributed by atoms with Crippen molar-refractivity contribution in [1.82, 2.24) is 5.32 Å². The SMILES string of the molecule is Cc1oc2c(c(C)cc3oc(=O)c(CC(=O)NCCc4ccc(Cl)cc4)c(C)c32)c1C. The first-order chi connectivity index (χ1) is 14.8. The highest BCUT2D eigenvalue weighted by Crippen LogP contribution is 2.36. The molecule has 0 aliphatic carbocycles. The van der Waals surface area contributed by atoms with E-state index in [2.05, 4.69) is 5.32 Å². The number of furan rings is 1. The standard InChI is InChI=1S/C25H24ClNO4/c1-13-11-20-23(24-22(13)14(2)16(4)30-24)15(3)19(25(29)31-20)12-21(28)27-10-9-17-5-7-18(26)8-6-17/h5-8,11H,9-10,12H2,1-4H3,(H,27,28). The summed E-state index contributed by atoms with van der Waals surface area (Å²) in [5.74, 6) is 0.608. The van der Waals surface area contributed by atoms with E-state index in [-0.39, 0.29) is 12.3 Å². The molecule has 160 valence electrons. The Morgan fingerprint density at radius 2 is 1.71 bits per heavy atom. The van der Waals surface area contributed by atoms with Crippen LogP contribution in [0.2, 0.25) is 5.02 Å². The quantitative estimate of drug-likeness (QED) is 0.428. The third-order valence-electron chi connectivity index (χ3n) is 5.86.